The van der Waals surface area contributed by atoms with E-state index in [9.17, 15) is 9.50 Å². The second-order valence-corrected chi connectivity index (χ2v) is 4.34. The molecule has 0 spiro atoms. The predicted molar refractivity (Wildman–Crippen MR) is 53.5 cm³/mol. The van der Waals surface area contributed by atoms with Crippen LogP contribution in [0.2, 0.25) is 0 Å². The van der Waals surface area contributed by atoms with Crippen LogP contribution in [0.1, 0.15) is 29.6 Å². The maximum Gasteiger partial charge on any atom is 0.127 e. The number of rotatable bonds is 1. The first-order chi connectivity index (χ1) is 6.65. The molecule has 14 heavy (non-hydrogen) atoms. The molecule has 2 N–H and O–H groups in total. The molecular formula is C10H10BrFO2. The Labute approximate surface area is 89.5 Å². The molecule has 0 aliphatic heterocycles. The first-order valence-electron chi connectivity index (χ1n) is 4.42. The van der Waals surface area contributed by atoms with Crippen LogP contribution in [0.25, 0.3) is 0 Å². The molecule has 0 unspecified atom stereocenters. The van der Waals surface area contributed by atoms with E-state index in [1.807, 2.05) is 0 Å². The summed E-state index contributed by atoms with van der Waals surface area (Å²) in [6, 6.07) is 2.93. The summed E-state index contributed by atoms with van der Waals surface area (Å²) >= 11 is 3.27. The standard InChI is InChI=1S/C10H10BrFO2/c11-6-1-2-7(12)9-5(4-13)3-8(14)10(6)9/h1-2,5,8,13-14H,3-4H2/t5-,8-/m0/s1. The molecule has 0 heterocycles. The largest absolute Gasteiger partial charge is 0.396 e. The van der Waals surface area contributed by atoms with Crippen LogP contribution in [0.5, 0.6) is 0 Å². The van der Waals surface area contributed by atoms with Gasteiger partial charge < -0.3 is 10.2 Å². The average molecular weight is 261 g/mol. The van der Waals surface area contributed by atoms with Gasteiger partial charge in [-0.2, -0.15) is 0 Å². The lowest BCUT2D eigenvalue weighted by Gasteiger charge is -2.08. The monoisotopic (exact) mass is 260 g/mol. The second kappa shape index (κ2) is 3.61. The Hall–Kier alpha value is -0.450. The van der Waals surface area contributed by atoms with Gasteiger partial charge in [0, 0.05) is 21.5 Å². The van der Waals surface area contributed by atoms with Gasteiger partial charge in [-0.25, -0.2) is 4.39 Å². The molecule has 1 aromatic carbocycles. The number of aliphatic hydroxyl groups is 2. The van der Waals surface area contributed by atoms with Crippen molar-refractivity contribution >= 4 is 15.9 Å². The van der Waals surface area contributed by atoms with Gasteiger partial charge in [-0.05, 0) is 18.6 Å². The van der Waals surface area contributed by atoms with Gasteiger partial charge in [0.25, 0.3) is 0 Å². The lowest BCUT2D eigenvalue weighted by molar-refractivity contribution is 0.158. The fourth-order valence-corrected chi connectivity index (χ4v) is 2.62. The maximum absolute atomic E-state index is 13.4. The molecule has 0 bridgehead atoms. The van der Waals surface area contributed by atoms with E-state index < -0.39 is 6.10 Å². The van der Waals surface area contributed by atoms with Crippen molar-refractivity contribution in [1.82, 2.24) is 0 Å². The molecule has 76 valence electrons. The second-order valence-electron chi connectivity index (χ2n) is 3.49. The molecule has 0 aromatic heterocycles. The number of hydrogen-bond acceptors (Lipinski definition) is 2. The van der Waals surface area contributed by atoms with Crippen molar-refractivity contribution < 1.29 is 14.6 Å². The Balaban J connectivity index is 2.60. The highest BCUT2D eigenvalue weighted by Gasteiger charge is 2.33. The van der Waals surface area contributed by atoms with Crippen LogP contribution in [0.4, 0.5) is 4.39 Å². The molecule has 1 aliphatic rings. The van der Waals surface area contributed by atoms with E-state index in [-0.39, 0.29) is 18.3 Å². The fraction of sp³-hybridized carbons (Fsp3) is 0.400. The third kappa shape index (κ3) is 1.38. The Bertz CT molecular complexity index is 367. The van der Waals surface area contributed by atoms with Crippen LogP contribution in [0, 0.1) is 5.82 Å². The van der Waals surface area contributed by atoms with Crippen molar-refractivity contribution in [3.8, 4) is 0 Å². The van der Waals surface area contributed by atoms with E-state index in [1.54, 1.807) is 6.07 Å². The van der Waals surface area contributed by atoms with Crippen molar-refractivity contribution in [2.75, 3.05) is 6.61 Å². The Kier molecular flexibility index (Phi) is 2.60. The molecular weight excluding hydrogens is 251 g/mol. The van der Waals surface area contributed by atoms with E-state index in [1.165, 1.54) is 6.07 Å². The van der Waals surface area contributed by atoms with Crippen molar-refractivity contribution in [2.45, 2.75) is 18.4 Å². The summed E-state index contributed by atoms with van der Waals surface area (Å²) in [6.07, 6.45) is -0.280. The van der Waals surface area contributed by atoms with Crippen molar-refractivity contribution in [3.63, 3.8) is 0 Å². The molecule has 0 saturated heterocycles. The molecule has 2 atom stereocenters. The SMILES string of the molecule is OC[C@@H]1C[C@H](O)c2c(Br)ccc(F)c21. The lowest BCUT2D eigenvalue weighted by Crippen LogP contribution is -2.01. The highest BCUT2D eigenvalue weighted by atomic mass is 79.9. The quantitative estimate of drug-likeness (QED) is 0.812. The molecule has 1 aliphatic carbocycles. The van der Waals surface area contributed by atoms with E-state index in [2.05, 4.69) is 15.9 Å². The van der Waals surface area contributed by atoms with Gasteiger partial charge in [-0.3, -0.25) is 0 Å². The van der Waals surface area contributed by atoms with Gasteiger partial charge in [0.2, 0.25) is 0 Å². The predicted octanol–water partition coefficient (Wildman–Crippen LogP) is 2.10. The first kappa shape index (κ1) is 10.1. The molecule has 0 amide bonds. The zero-order valence-electron chi connectivity index (χ0n) is 7.37. The van der Waals surface area contributed by atoms with Crippen LogP contribution < -0.4 is 0 Å². The first-order valence-corrected chi connectivity index (χ1v) is 5.21. The third-order valence-electron chi connectivity index (χ3n) is 2.65. The Morgan fingerprint density at radius 2 is 2.14 bits per heavy atom. The Morgan fingerprint density at radius 3 is 2.79 bits per heavy atom. The van der Waals surface area contributed by atoms with Crippen LogP contribution >= 0.6 is 15.9 Å². The van der Waals surface area contributed by atoms with Gasteiger partial charge in [-0.1, -0.05) is 15.9 Å². The molecule has 4 heteroatoms. The van der Waals surface area contributed by atoms with E-state index >= 15 is 0 Å². The highest BCUT2D eigenvalue weighted by Crippen LogP contribution is 2.44. The van der Waals surface area contributed by atoms with Gasteiger partial charge in [0.1, 0.15) is 5.82 Å². The van der Waals surface area contributed by atoms with Crippen LogP contribution in [0.3, 0.4) is 0 Å². The summed E-state index contributed by atoms with van der Waals surface area (Å²) in [6.45, 7) is -0.128. The van der Waals surface area contributed by atoms with Gasteiger partial charge >= 0.3 is 0 Å². The summed E-state index contributed by atoms with van der Waals surface area (Å²) < 4.78 is 14.1. The molecule has 2 rings (SSSR count). The summed E-state index contributed by atoms with van der Waals surface area (Å²) in [5.41, 5.74) is 1.04. The number of fused-ring (bicyclic) bond motifs is 1. The molecule has 1 aromatic rings. The summed E-state index contributed by atoms with van der Waals surface area (Å²) in [4.78, 5) is 0. The zero-order chi connectivity index (χ0) is 10.3. The van der Waals surface area contributed by atoms with Crippen LogP contribution in [-0.4, -0.2) is 16.8 Å². The summed E-state index contributed by atoms with van der Waals surface area (Å²) in [5, 5.41) is 18.7. The molecule has 0 saturated carbocycles. The zero-order valence-corrected chi connectivity index (χ0v) is 8.96. The highest BCUT2D eigenvalue weighted by molar-refractivity contribution is 9.10. The molecule has 0 radical (unpaired) electrons. The van der Waals surface area contributed by atoms with Crippen LogP contribution in [0.15, 0.2) is 16.6 Å². The van der Waals surface area contributed by atoms with Crippen LogP contribution in [-0.2, 0) is 0 Å². The smallest absolute Gasteiger partial charge is 0.127 e. The van der Waals surface area contributed by atoms with Crippen molar-refractivity contribution in [2.24, 2.45) is 0 Å². The minimum Gasteiger partial charge on any atom is -0.396 e. The Morgan fingerprint density at radius 1 is 1.43 bits per heavy atom. The van der Waals surface area contributed by atoms with Gasteiger partial charge in [0.15, 0.2) is 0 Å². The summed E-state index contributed by atoms with van der Waals surface area (Å²) in [7, 11) is 0. The number of halogens is 2. The summed E-state index contributed by atoms with van der Waals surface area (Å²) in [5.74, 6) is -0.628. The minimum absolute atomic E-state index is 0.128. The molecule has 0 fully saturated rings. The lowest BCUT2D eigenvalue weighted by atomic mass is 10.0. The normalized spacial score (nSPS) is 25.1. The average Bonchev–Trinajstić information content (AvgIpc) is 2.50. The van der Waals surface area contributed by atoms with E-state index in [0.29, 0.717) is 22.0 Å². The third-order valence-corrected chi connectivity index (χ3v) is 3.34. The van der Waals surface area contributed by atoms with Gasteiger partial charge in [0.05, 0.1) is 12.7 Å². The van der Waals surface area contributed by atoms with E-state index in [4.69, 9.17) is 5.11 Å². The fourth-order valence-electron chi connectivity index (χ4n) is 2.01. The van der Waals surface area contributed by atoms with Gasteiger partial charge in [-0.15, -0.1) is 0 Å². The number of hydrogen-bond donors (Lipinski definition) is 2. The van der Waals surface area contributed by atoms with Crippen molar-refractivity contribution in [1.29, 1.82) is 0 Å². The molecule has 2 nitrogen and oxygen atoms in total. The minimum atomic E-state index is -0.674. The number of benzene rings is 1. The van der Waals surface area contributed by atoms with E-state index in [0.717, 1.165) is 0 Å². The van der Waals surface area contributed by atoms with Crippen molar-refractivity contribution in [3.05, 3.63) is 33.5 Å². The topological polar surface area (TPSA) is 40.5 Å². The maximum atomic E-state index is 13.4. The number of aliphatic hydroxyl groups excluding tert-OH is 2.